The monoisotopic (exact) mass is 239 g/mol. The fourth-order valence-corrected chi connectivity index (χ4v) is 3.10. The molecule has 0 bridgehead atoms. The van der Waals surface area contributed by atoms with E-state index >= 15 is 0 Å². The van der Waals surface area contributed by atoms with Crippen LogP contribution >= 0.6 is 0 Å². The van der Waals surface area contributed by atoms with Crippen molar-refractivity contribution >= 4 is 5.78 Å². The van der Waals surface area contributed by atoms with Crippen molar-refractivity contribution in [2.24, 2.45) is 23.7 Å². The van der Waals surface area contributed by atoms with Gasteiger partial charge in [0.05, 0.1) is 0 Å². The van der Waals surface area contributed by atoms with Crippen molar-refractivity contribution in [3.8, 4) is 0 Å². The summed E-state index contributed by atoms with van der Waals surface area (Å²) in [4.78, 5) is 14.6. The van der Waals surface area contributed by atoms with Crippen LogP contribution in [0.25, 0.3) is 0 Å². The Morgan fingerprint density at radius 1 is 1.35 bits per heavy atom. The molecule has 0 spiro atoms. The molecule has 0 radical (unpaired) electrons. The van der Waals surface area contributed by atoms with Crippen molar-refractivity contribution in [1.29, 1.82) is 0 Å². The second kappa shape index (κ2) is 6.53. The van der Waals surface area contributed by atoms with Gasteiger partial charge in [-0.15, -0.1) is 0 Å². The smallest absolute Gasteiger partial charge is 0.137 e. The summed E-state index contributed by atoms with van der Waals surface area (Å²) in [5.74, 6) is 2.62. The Labute approximate surface area is 107 Å². The number of nitrogens with zero attached hydrogens (tertiary/aromatic N) is 1. The first-order chi connectivity index (χ1) is 7.93. The number of rotatable bonds is 5. The van der Waals surface area contributed by atoms with Gasteiger partial charge in [0.2, 0.25) is 0 Å². The van der Waals surface area contributed by atoms with Gasteiger partial charge < -0.3 is 4.90 Å². The third kappa shape index (κ3) is 4.42. The van der Waals surface area contributed by atoms with Crippen molar-refractivity contribution in [3.05, 3.63) is 0 Å². The van der Waals surface area contributed by atoms with Gasteiger partial charge in [0.1, 0.15) is 5.78 Å². The lowest BCUT2D eigenvalue weighted by molar-refractivity contribution is -0.128. The van der Waals surface area contributed by atoms with E-state index in [1.54, 1.807) is 0 Å². The highest BCUT2D eigenvalue weighted by atomic mass is 16.1. The van der Waals surface area contributed by atoms with Crippen LogP contribution in [0.1, 0.15) is 47.5 Å². The molecule has 0 aromatic rings. The number of carbonyl (C=O) groups is 1. The van der Waals surface area contributed by atoms with E-state index in [1.807, 2.05) is 0 Å². The molecule has 1 rings (SSSR count). The van der Waals surface area contributed by atoms with Gasteiger partial charge in [0.15, 0.2) is 0 Å². The largest absolute Gasteiger partial charge is 0.303 e. The summed E-state index contributed by atoms with van der Waals surface area (Å²) >= 11 is 0. The van der Waals surface area contributed by atoms with E-state index in [0.29, 0.717) is 23.5 Å². The Hall–Kier alpha value is -0.370. The summed E-state index contributed by atoms with van der Waals surface area (Å²) in [5.41, 5.74) is 0. The zero-order valence-electron chi connectivity index (χ0n) is 12.2. The molecule has 0 aromatic carbocycles. The molecule has 0 N–H and O–H groups in total. The predicted octanol–water partition coefficient (Wildman–Crippen LogP) is 3.22. The summed E-state index contributed by atoms with van der Waals surface area (Å²) < 4.78 is 0. The van der Waals surface area contributed by atoms with Gasteiger partial charge >= 0.3 is 0 Å². The Balaban J connectivity index is 2.56. The molecule has 1 aliphatic rings. The highest BCUT2D eigenvalue weighted by molar-refractivity contribution is 5.82. The van der Waals surface area contributed by atoms with Gasteiger partial charge in [0.25, 0.3) is 0 Å². The van der Waals surface area contributed by atoms with Crippen LogP contribution in [0.2, 0.25) is 0 Å². The van der Waals surface area contributed by atoms with E-state index < -0.39 is 0 Å². The standard InChI is InChI=1S/C15H29NO/c1-6-16(9-11(2)3)10-14-13(5)7-12(4)8-15(14)17/h11-14H,6-10H2,1-5H3. The SMILES string of the molecule is CCN(CC(C)C)CC1C(=O)CC(C)CC1C. The molecule has 0 heterocycles. The molecule has 3 atom stereocenters. The molecule has 1 saturated carbocycles. The second-order valence-corrected chi connectivity index (χ2v) is 6.34. The molecular formula is C15H29NO. The van der Waals surface area contributed by atoms with E-state index in [2.05, 4.69) is 39.5 Å². The molecule has 2 heteroatoms. The summed E-state index contributed by atoms with van der Waals surface area (Å²) in [6, 6.07) is 0. The fourth-order valence-electron chi connectivity index (χ4n) is 3.10. The third-order valence-corrected chi connectivity index (χ3v) is 3.95. The minimum atomic E-state index is 0.282. The topological polar surface area (TPSA) is 20.3 Å². The zero-order chi connectivity index (χ0) is 13.0. The maximum atomic E-state index is 12.1. The van der Waals surface area contributed by atoms with Crippen LogP contribution in [0.4, 0.5) is 0 Å². The summed E-state index contributed by atoms with van der Waals surface area (Å²) in [7, 11) is 0. The molecule has 2 nitrogen and oxygen atoms in total. The number of hydrogen-bond acceptors (Lipinski definition) is 2. The lowest BCUT2D eigenvalue weighted by Gasteiger charge is -2.35. The van der Waals surface area contributed by atoms with Crippen molar-refractivity contribution < 1.29 is 4.79 Å². The first-order valence-corrected chi connectivity index (χ1v) is 7.19. The van der Waals surface area contributed by atoms with Crippen molar-refractivity contribution in [2.75, 3.05) is 19.6 Å². The first kappa shape index (κ1) is 14.7. The Kier molecular flexibility index (Phi) is 5.64. The van der Waals surface area contributed by atoms with Crippen LogP contribution in [-0.2, 0) is 4.79 Å². The highest BCUT2D eigenvalue weighted by Gasteiger charge is 2.33. The van der Waals surface area contributed by atoms with Gasteiger partial charge in [-0.2, -0.15) is 0 Å². The normalized spacial score (nSPS) is 30.3. The summed E-state index contributed by atoms with van der Waals surface area (Å²) in [6.45, 7) is 14.3. The van der Waals surface area contributed by atoms with Gasteiger partial charge in [-0.25, -0.2) is 0 Å². The van der Waals surface area contributed by atoms with Crippen LogP contribution in [0, 0.1) is 23.7 Å². The summed E-state index contributed by atoms with van der Waals surface area (Å²) in [6.07, 6.45) is 2.02. The number of ketones is 1. The predicted molar refractivity (Wildman–Crippen MR) is 73.0 cm³/mol. The van der Waals surface area contributed by atoms with Crippen LogP contribution in [0.15, 0.2) is 0 Å². The third-order valence-electron chi connectivity index (χ3n) is 3.95. The molecule has 3 unspecified atom stereocenters. The van der Waals surface area contributed by atoms with E-state index in [9.17, 15) is 4.79 Å². The number of hydrogen-bond donors (Lipinski definition) is 0. The van der Waals surface area contributed by atoms with Crippen LogP contribution < -0.4 is 0 Å². The molecule has 0 aromatic heterocycles. The number of Topliss-reactive ketones (excluding diaryl/α,β-unsaturated/α-hetero) is 1. The van der Waals surface area contributed by atoms with Gasteiger partial charge in [-0.05, 0) is 30.7 Å². The highest BCUT2D eigenvalue weighted by Crippen LogP contribution is 2.31. The molecular weight excluding hydrogens is 210 g/mol. The molecule has 0 aliphatic heterocycles. The van der Waals surface area contributed by atoms with Crippen LogP contribution in [0.5, 0.6) is 0 Å². The average molecular weight is 239 g/mol. The quantitative estimate of drug-likeness (QED) is 0.734. The number of carbonyl (C=O) groups excluding carboxylic acids is 1. The molecule has 0 amide bonds. The van der Waals surface area contributed by atoms with E-state index in [1.165, 1.54) is 6.42 Å². The summed E-state index contributed by atoms with van der Waals surface area (Å²) in [5, 5.41) is 0. The lowest BCUT2D eigenvalue weighted by Crippen LogP contribution is -2.41. The van der Waals surface area contributed by atoms with Gasteiger partial charge in [0, 0.05) is 25.4 Å². The minimum Gasteiger partial charge on any atom is -0.303 e. The van der Waals surface area contributed by atoms with Crippen LogP contribution in [-0.4, -0.2) is 30.3 Å². The van der Waals surface area contributed by atoms with Crippen LogP contribution in [0.3, 0.4) is 0 Å². The fraction of sp³-hybridized carbons (Fsp3) is 0.933. The molecule has 1 fully saturated rings. The molecule has 1 aliphatic carbocycles. The Morgan fingerprint density at radius 3 is 2.47 bits per heavy atom. The Morgan fingerprint density at radius 2 is 2.00 bits per heavy atom. The lowest BCUT2D eigenvalue weighted by atomic mass is 9.74. The van der Waals surface area contributed by atoms with E-state index in [4.69, 9.17) is 0 Å². The molecule has 100 valence electrons. The molecule has 17 heavy (non-hydrogen) atoms. The van der Waals surface area contributed by atoms with Crippen molar-refractivity contribution in [2.45, 2.75) is 47.5 Å². The van der Waals surface area contributed by atoms with Crippen molar-refractivity contribution in [3.63, 3.8) is 0 Å². The first-order valence-electron chi connectivity index (χ1n) is 7.19. The maximum Gasteiger partial charge on any atom is 0.137 e. The Bertz CT molecular complexity index is 249. The maximum absolute atomic E-state index is 12.1. The van der Waals surface area contributed by atoms with E-state index in [0.717, 1.165) is 26.1 Å². The second-order valence-electron chi connectivity index (χ2n) is 6.34. The zero-order valence-corrected chi connectivity index (χ0v) is 12.2. The van der Waals surface area contributed by atoms with Gasteiger partial charge in [-0.3, -0.25) is 4.79 Å². The average Bonchev–Trinajstić information content (AvgIpc) is 2.20. The molecule has 0 saturated heterocycles. The van der Waals surface area contributed by atoms with Crippen molar-refractivity contribution in [1.82, 2.24) is 4.90 Å². The van der Waals surface area contributed by atoms with Gasteiger partial charge in [-0.1, -0.05) is 34.6 Å². The van der Waals surface area contributed by atoms with E-state index in [-0.39, 0.29) is 5.92 Å². The minimum absolute atomic E-state index is 0.282.